The summed E-state index contributed by atoms with van der Waals surface area (Å²) in [6.45, 7) is 4.12. The van der Waals surface area contributed by atoms with E-state index in [1.54, 1.807) is 6.20 Å². The highest BCUT2D eigenvalue weighted by Gasteiger charge is 2.29. The van der Waals surface area contributed by atoms with Gasteiger partial charge in [0.1, 0.15) is 5.82 Å². The van der Waals surface area contributed by atoms with Crippen molar-refractivity contribution in [3.63, 3.8) is 0 Å². The van der Waals surface area contributed by atoms with Crippen molar-refractivity contribution >= 4 is 17.4 Å². The van der Waals surface area contributed by atoms with E-state index < -0.39 is 0 Å². The molecular formula is C12H18ClN3. The number of rotatable bonds is 3. The molecule has 88 valence electrons. The van der Waals surface area contributed by atoms with E-state index in [0.29, 0.717) is 10.9 Å². The number of halogens is 1. The largest absolute Gasteiger partial charge is 0.355 e. The van der Waals surface area contributed by atoms with Gasteiger partial charge >= 0.3 is 0 Å². The Bertz CT molecular complexity index is 339. The maximum Gasteiger partial charge on any atom is 0.128 e. The summed E-state index contributed by atoms with van der Waals surface area (Å²) in [5.74, 6) is 1.58. The minimum Gasteiger partial charge on any atom is -0.355 e. The normalized spacial score (nSPS) is 25.1. The zero-order valence-electron chi connectivity index (χ0n) is 9.56. The van der Waals surface area contributed by atoms with Gasteiger partial charge in [-0.2, -0.15) is 0 Å². The van der Waals surface area contributed by atoms with E-state index in [1.165, 1.54) is 12.8 Å². The maximum absolute atomic E-state index is 6.13. The molecule has 2 atom stereocenters. The van der Waals surface area contributed by atoms with Gasteiger partial charge in [-0.25, -0.2) is 4.98 Å². The number of nitrogens with two attached hydrogens (primary N) is 1. The van der Waals surface area contributed by atoms with Crippen LogP contribution in [-0.4, -0.2) is 24.1 Å². The van der Waals surface area contributed by atoms with E-state index in [2.05, 4.69) is 16.8 Å². The summed E-state index contributed by atoms with van der Waals surface area (Å²) >= 11 is 5.82. The van der Waals surface area contributed by atoms with Gasteiger partial charge in [0.15, 0.2) is 0 Å². The first kappa shape index (κ1) is 11.7. The minimum absolute atomic E-state index is 0.275. The van der Waals surface area contributed by atoms with Gasteiger partial charge in [-0.15, -0.1) is 0 Å². The van der Waals surface area contributed by atoms with E-state index in [9.17, 15) is 0 Å². The van der Waals surface area contributed by atoms with Crippen LogP contribution >= 0.6 is 11.6 Å². The predicted molar refractivity (Wildman–Crippen MR) is 67.8 cm³/mol. The lowest BCUT2D eigenvalue weighted by atomic mass is 9.99. The highest BCUT2D eigenvalue weighted by atomic mass is 35.5. The van der Waals surface area contributed by atoms with Crippen LogP contribution in [0.1, 0.15) is 19.8 Å². The Balaban J connectivity index is 2.04. The third-order valence-corrected chi connectivity index (χ3v) is 3.41. The fourth-order valence-corrected chi connectivity index (χ4v) is 2.43. The molecule has 1 aliphatic rings. The third kappa shape index (κ3) is 2.47. The van der Waals surface area contributed by atoms with Crippen LogP contribution in [0.3, 0.4) is 0 Å². The molecule has 3 nitrogen and oxygen atoms in total. The Kier molecular flexibility index (Phi) is 3.66. The molecule has 0 unspecified atom stereocenters. The number of anilines is 1. The van der Waals surface area contributed by atoms with Crippen molar-refractivity contribution in [1.82, 2.24) is 4.98 Å². The van der Waals surface area contributed by atoms with E-state index >= 15 is 0 Å². The number of hydrogen-bond donors (Lipinski definition) is 1. The molecule has 1 fully saturated rings. The van der Waals surface area contributed by atoms with Crippen LogP contribution < -0.4 is 10.6 Å². The molecule has 0 bridgehead atoms. The molecule has 0 saturated carbocycles. The summed E-state index contributed by atoms with van der Waals surface area (Å²) in [5, 5.41) is 0.678. The molecule has 1 aliphatic heterocycles. The van der Waals surface area contributed by atoms with Gasteiger partial charge in [0.05, 0.1) is 5.02 Å². The van der Waals surface area contributed by atoms with Crippen molar-refractivity contribution in [1.29, 1.82) is 0 Å². The average Bonchev–Trinajstić information content (AvgIpc) is 2.62. The molecule has 2 heterocycles. The molecule has 1 aromatic heterocycles. The second-order valence-electron chi connectivity index (χ2n) is 4.45. The van der Waals surface area contributed by atoms with Crippen molar-refractivity contribution in [2.24, 2.45) is 11.7 Å². The molecule has 0 aliphatic carbocycles. The van der Waals surface area contributed by atoms with E-state index in [1.807, 2.05) is 12.1 Å². The number of hydrogen-bond acceptors (Lipinski definition) is 3. The third-order valence-electron chi connectivity index (χ3n) is 3.19. The van der Waals surface area contributed by atoms with Crippen LogP contribution in [0.2, 0.25) is 5.02 Å². The fraction of sp³-hybridized carbons (Fsp3) is 0.583. The summed E-state index contributed by atoms with van der Waals surface area (Å²) in [4.78, 5) is 6.58. The van der Waals surface area contributed by atoms with Crippen molar-refractivity contribution in [2.75, 3.05) is 18.0 Å². The van der Waals surface area contributed by atoms with Gasteiger partial charge in [0.2, 0.25) is 0 Å². The van der Waals surface area contributed by atoms with Crippen LogP contribution in [0.4, 0.5) is 5.82 Å². The van der Waals surface area contributed by atoms with E-state index in [0.717, 1.165) is 18.9 Å². The summed E-state index contributed by atoms with van der Waals surface area (Å²) in [5.41, 5.74) is 6.13. The predicted octanol–water partition coefficient (Wildman–Crippen LogP) is 2.30. The van der Waals surface area contributed by atoms with Crippen LogP contribution in [-0.2, 0) is 0 Å². The molecule has 1 aromatic rings. The topological polar surface area (TPSA) is 42.2 Å². The Hall–Kier alpha value is -0.800. The SMILES string of the molecule is CCC[C@H]1CN(c2ccc(Cl)cn2)C[C@@H]1N. The monoisotopic (exact) mass is 239 g/mol. The van der Waals surface area contributed by atoms with Gasteiger partial charge in [0.25, 0.3) is 0 Å². The fourth-order valence-electron chi connectivity index (χ4n) is 2.31. The summed E-state index contributed by atoms with van der Waals surface area (Å²) in [6.07, 6.45) is 4.08. The Morgan fingerprint density at radius 2 is 2.31 bits per heavy atom. The van der Waals surface area contributed by atoms with Crippen molar-refractivity contribution in [2.45, 2.75) is 25.8 Å². The van der Waals surface area contributed by atoms with Crippen molar-refractivity contribution < 1.29 is 0 Å². The lowest BCUT2D eigenvalue weighted by Crippen LogP contribution is -2.29. The molecule has 0 aromatic carbocycles. The summed E-state index contributed by atoms with van der Waals surface area (Å²) in [7, 11) is 0. The summed E-state index contributed by atoms with van der Waals surface area (Å²) in [6, 6.07) is 4.11. The van der Waals surface area contributed by atoms with Crippen LogP contribution in [0.5, 0.6) is 0 Å². The van der Waals surface area contributed by atoms with Gasteiger partial charge in [-0.1, -0.05) is 24.9 Å². The highest BCUT2D eigenvalue weighted by molar-refractivity contribution is 6.30. The van der Waals surface area contributed by atoms with Crippen LogP contribution in [0.15, 0.2) is 18.3 Å². The molecule has 16 heavy (non-hydrogen) atoms. The van der Waals surface area contributed by atoms with Gasteiger partial charge in [0, 0.05) is 25.3 Å². The second kappa shape index (κ2) is 5.02. The van der Waals surface area contributed by atoms with Crippen LogP contribution in [0.25, 0.3) is 0 Å². The first-order valence-electron chi connectivity index (χ1n) is 5.82. The molecule has 2 N–H and O–H groups in total. The Labute approximate surface area is 102 Å². The van der Waals surface area contributed by atoms with Crippen LogP contribution in [0, 0.1) is 5.92 Å². The molecule has 0 spiro atoms. The quantitative estimate of drug-likeness (QED) is 0.880. The van der Waals surface area contributed by atoms with Gasteiger partial charge in [-0.05, 0) is 24.5 Å². The molecular weight excluding hydrogens is 222 g/mol. The molecule has 4 heteroatoms. The standard InChI is InChI=1S/C12H18ClN3/c1-2-3-9-7-16(8-11(9)14)12-5-4-10(13)6-15-12/h4-6,9,11H,2-3,7-8,14H2,1H3/t9-,11-/m0/s1. The lowest BCUT2D eigenvalue weighted by Gasteiger charge is -2.16. The first-order valence-corrected chi connectivity index (χ1v) is 6.20. The van der Waals surface area contributed by atoms with Crippen molar-refractivity contribution in [3.05, 3.63) is 23.4 Å². The van der Waals surface area contributed by atoms with Crippen molar-refractivity contribution in [3.8, 4) is 0 Å². The smallest absolute Gasteiger partial charge is 0.128 e. The maximum atomic E-state index is 6.13. The first-order chi connectivity index (χ1) is 7.70. The van der Waals surface area contributed by atoms with Gasteiger partial charge < -0.3 is 10.6 Å². The zero-order valence-corrected chi connectivity index (χ0v) is 10.3. The molecule has 0 amide bonds. The van der Waals surface area contributed by atoms with E-state index in [4.69, 9.17) is 17.3 Å². The lowest BCUT2D eigenvalue weighted by molar-refractivity contribution is 0.472. The zero-order chi connectivity index (χ0) is 11.5. The Morgan fingerprint density at radius 1 is 1.50 bits per heavy atom. The molecule has 0 radical (unpaired) electrons. The highest BCUT2D eigenvalue weighted by Crippen LogP contribution is 2.25. The molecule has 1 saturated heterocycles. The molecule has 2 rings (SSSR count). The Morgan fingerprint density at radius 3 is 2.94 bits per heavy atom. The number of pyridine rings is 1. The van der Waals surface area contributed by atoms with E-state index in [-0.39, 0.29) is 6.04 Å². The second-order valence-corrected chi connectivity index (χ2v) is 4.89. The number of aromatic nitrogens is 1. The number of nitrogens with zero attached hydrogens (tertiary/aromatic N) is 2. The van der Waals surface area contributed by atoms with Gasteiger partial charge in [-0.3, -0.25) is 0 Å². The minimum atomic E-state index is 0.275. The average molecular weight is 240 g/mol. The summed E-state index contributed by atoms with van der Waals surface area (Å²) < 4.78 is 0.